The van der Waals surface area contributed by atoms with Gasteiger partial charge in [0.25, 0.3) is 0 Å². The average Bonchev–Trinajstić information content (AvgIpc) is 2.62. The Morgan fingerprint density at radius 3 is 2.52 bits per heavy atom. The Hall–Kier alpha value is -0.0300. The van der Waals surface area contributed by atoms with Crippen molar-refractivity contribution in [3.8, 4) is 0 Å². The minimum absolute atomic E-state index is 0. The Balaban J connectivity index is 0.00000182. The molecular formula is C21H35Cl3N2O. The second-order valence-corrected chi connectivity index (χ2v) is 8.55. The predicted molar refractivity (Wildman–Crippen MR) is 120 cm³/mol. The zero-order chi connectivity index (χ0) is 17.9. The van der Waals surface area contributed by atoms with Crippen LogP contribution >= 0.6 is 36.4 Å². The number of piperazine rings is 1. The lowest BCUT2D eigenvalue weighted by molar-refractivity contribution is -0.0746. The van der Waals surface area contributed by atoms with E-state index in [4.69, 9.17) is 11.6 Å². The van der Waals surface area contributed by atoms with E-state index in [-0.39, 0.29) is 24.8 Å². The van der Waals surface area contributed by atoms with Crippen LogP contribution in [-0.2, 0) is 5.60 Å². The molecule has 2 fully saturated rings. The molecule has 0 amide bonds. The fourth-order valence-electron chi connectivity index (χ4n) is 4.62. The molecule has 3 unspecified atom stereocenters. The number of aliphatic hydroxyl groups is 1. The molecule has 1 saturated carbocycles. The summed E-state index contributed by atoms with van der Waals surface area (Å²) >= 11 is 6.22. The summed E-state index contributed by atoms with van der Waals surface area (Å²) in [6.07, 6.45) is 5.40. The van der Waals surface area contributed by atoms with Crippen LogP contribution in [0.4, 0.5) is 0 Å². The topological polar surface area (TPSA) is 26.7 Å². The number of hydrogen-bond acceptors (Lipinski definition) is 3. The van der Waals surface area contributed by atoms with Crippen LogP contribution in [0.1, 0.15) is 44.6 Å². The van der Waals surface area contributed by atoms with Crippen LogP contribution in [0.3, 0.4) is 0 Å². The number of rotatable bonds is 5. The molecule has 1 heterocycles. The maximum absolute atomic E-state index is 11.6. The van der Waals surface area contributed by atoms with Gasteiger partial charge in [-0.25, -0.2) is 0 Å². The molecule has 3 rings (SSSR count). The maximum Gasteiger partial charge on any atom is 0.0925 e. The van der Waals surface area contributed by atoms with Gasteiger partial charge in [-0.1, -0.05) is 37.1 Å². The number of likely N-dealkylation sites (N-methyl/N-ethyl adjacent to an activating group) is 1. The molecule has 1 aliphatic heterocycles. The van der Waals surface area contributed by atoms with Crippen molar-refractivity contribution >= 4 is 36.4 Å². The van der Waals surface area contributed by atoms with E-state index in [9.17, 15) is 5.11 Å². The monoisotopic (exact) mass is 436 g/mol. The van der Waals surface area contributed by atoms with E-state index in [2.05, 4.69) is 29.8 Å². The molecule has 1 aromatic rings. The van der Waals surface area contributed by atoms with Crippen molar-refractivity contribution in [2.75, 3.05) is 39.8 Å². The zero-order valence-corrected chi connectivity index (χ0v) is 19.0. The minimum atomic E-state index is -0.719. The van der Waals surface area contributed by atoms with E-state index >= 15 is 0 Å². The first-order valence-corrected chi connectivity index (χ1v) is 10.3. The standard InChI is InChI=1S/C21H33ClN2O.2ClH/c1-3-17-7-9-21(25,18-5-4-6-20(22)16-18)19(15-17)8-10-24-13-11-23(2)12-14-24;;/h4-6,16-17,19,25H,3,7-15H2,1-2H3;2*1H. The summed E-state index contributed by atoms with van der Waals surface area (Å²) in [6.45, 7) is 7.98. The van der Waals surface area contributed by atoms with Gasteiger partial charge >= 0.3 is 0 Å². The van der Waals surface area contributed by atoms with Crippen LogP contribution < -0.4 is 0 Å². The Labute approximate surface area is 182 Å². The third kappa shape index (κ3) is 6.22. The molecule has 1 aliphatic carbocycles. The maximum atomic E-state index is 11.6. The van der Waals surface area contributed by atoms with Crippen molar-refractivity contribution in [2.24, 2.45) is 11.8 Å². The summed E-state index contributed by atoms with van der Waals surface area (Å²) in [4.78, 5) is 4.96. The van der Waals surface area contributed by atoms with Crippen molar-refractivity contribution < 1.29 is 5.11 Å². The van der Waals surface area contributed by atoms with Gasteiger partial charge in [-0.3, -0.25) is 0 Å². The Kier molecular flexibility index (Phi) is 10.4. The first-order chi connectivity index (χ1) is 12.0. The van der Waals surface area contributed by atoms with Gasteiger partial charge in [0.2, 0.25) is 0 Å². The summed E-state index contributed by atoms with van der Waals surface area (Å²) in [7, 11) is 2.20. The summed E-state index contributed by atoms with van der Waals surface area (Å²) in [5.41, 5.74) is 0.293. The number of halogens is 3. The lowest BCUT2D eigenvalue weighted by Gasteiger charge is -2.44. The highest BCUT2D eigenvalue weighted by Gasteiger charge is 2.42. The SMILES string of the molecule is CCC1CCC(O)(c2cccc(Cl)c2)C(CCN2CCN(C)CC2)C1.Cl.Cl. The summed E-state index contributed by atoms with van der Waals surface area (Å²) in [5, 5.41) is 12.3. The highest BCUT2D eigenvalue weighted by molar-refractivity contribution is 6.30. The van der Waals surface area contributed by atoms with Crippen LogP contribution in [-0.4, -0.2) is 54.7 Å². The average molecular weight is 438 g/mol. The lowest BCUT2D eigenvalue weighted by Crippen LogP contribution is -2.47. The Morgan fingerprint density at radius 2 is 1.89 bits per heavy atom. The van der Waals surface area contributed by atoms with E-state index < -0.39 is 5.60 Å². The predicted octanol–water partition coefficient (Wildman–Crippen LogP) is 4.84. The summed E-state index contributed by atoms with van der Waals surface area (Å²) in [6, 6.07) is 7.89. The van der Waals surface area contributed by atoms with Gasteiger partial charge in [-0.05, 0) is 68.8 Å². The van der Waals surface area contributed by atoms with Crippen LogP contribution in [0.5, 0.6) is 0 Å². The zero-order valence-electron chi connectivity index (χ0n) is 16.6. The molecule has 0 aromatic heterocycles. The molecule has 3 nitrogen and oxygen atoms in total. The molecule has 27 heavy (non-hydrogen) atoms. The molecular weight excluding hydrogens is 403 g/mol. The van der Waals surface area contributed by atoms with Crippen molar-refractivity contribution in [2.45, 2.75) is 44.6 Å². The van der Waals surface area contributed by atoms with Crippen LogP contribution in [0.25, 0.3) is 0 Å². The highest BCUT2D eigenvalue weighted by atomic mass is 35.5. The van der Waals surface area contributed by atoms with Crippen molar-refractivity contribution in [3.05, 3.63) is 34.9 Å². The van der Waals surface area contributed by atoms with E-state index in [1.165, 1.54) is 6.42 Å². The molecule has 1 aromatic carbocycles. The lowest BCUT2D eigenvalue weighted by atomic mass is 9.66. The second kappa shape index (κ2) is 11.2. The van der Waals surface area contributed by atoms with Crippen molar-refractivity contribution in [1.29, 1.82) is 0 Å². The molecule has 156 valence electrons. The van der Waals surface area contributed by atoms with Crippen LogP contribution in [0, 0.1) is 11.8 Å². The van der Waals surface area contributed by atoms with E-state index in [0.29, 0.717) is 5.92 Å². The fourth-order valence-corrected chi connectivity index (χ4v) is 4.81. The molecule has 0 radical (unpaired) electrons. The second-order valence-electron chi connectivity index (χ2n) is 8.11. The van der Waals surface area contributed by atoms with Gasteiger partial charge in [-0.15, -0.1) is 24.8 Å². The van der Waals surface area contributed by atoms with Gasteiger partial charge in [0.15, 0.2) is 0 Å². The third-order valence-electron chi connectivity index (χ3n) is 6.52. The molecule has 1 saturated heterocycles. The molecule has 2 aliphatic rings. The van der Waals surface area contributed by atoms with Crippen LogP contribution in [0.15, 0.2) is 24.3 Å². The largest absolute Gasteiger partial charge is 0.385 e. The van der Waals surface area contributed by atoms with Gasteiger partial charge in [0.05, 0.1) is 5.60 Å². The highest BCUT2D eigenvalue weighted by Crippen LogP contribution is 2.46. The first-order valence-electron chi connectivity index (χ1n) is 9.90. The Morgan fingerprint density at radius 1 is 1.19 bits per heavy atom. The van der Waals surface area contributed by atoms with E-state index in [1.807, 2.05) is 18.2 Å². The van der Waals surface area contributed by atoms with Gasteiger partial charge < -0.3 is 14.9 Å². The molecule has 6 heteroatoms. The molecule has 0 spiro atoms. The summed E-state index contributed by atoms with van der Waals surface area (Å²) in [5.74, 6) is 1.07. The first kappa shape index (κ1) is 25.0. The fraction of sp³-hybridized carbons (Fsp3) is 0.714. The van der Waals surface area contributed by atoms with E-state index in [0.717, 1.165) is 74.9 Å². The quantitative estimate of drug-likeness (QED) is 0.714. The minimum Gasteiger partial charge on any atom is -0.385 e. The number of hydrogen-bond donors (Lipinski definition) is 1. The number of benzene rings is 1. The third-order valence-corrected chi connectivity index (χ3v) is 6.75. The Bertz CT molecular complexity index is 566. The van der Waals surface area contributed by atoms with Crippen LogP contribution in [0.2, 0.25) is 5.02 Å². The molecule has 1 N–H and O–H groups in total. The van der Waals surface area contributed by atoms with Crippen molar-refractivity contribution in [1.82, 2.24) is 9.80 Å². The van der Waals surface area contributed by atoms with Crippen molar-refractivity contribution in [3.63, 3.8) is 0 Å². The normalized spacial score (nSPS) is 29.6. The molecule has 3 atom stereocenters. The van der Waals surface area contributed by atoms with Gasteiger partial charge in [0, 0.05) is 31.2 Å². The summed E-state index contributed by atoms with van der Waals surface area (Å²) < 4.78 is 0. The van der Waals surface area contributed by atoms with Gasteiger partial charge in [0.1, 0.15) is 0 Å². The van der Waals surface area contributed by atoms with Gasteiger partial charge in [-0.2, -0.15) is 0 Å². The smallest absolute Gasteiger partial charge is 0.0925 e. The number of nitrogens with zero attached hydrogens (tertiary/aromatic N) is 2. The molecule has 0 bridgehead atoms. The van der Waals surface area contributed by atoms with E-state index in [1.54, 1.807) is 0 Å².